The Hall–Kier alpha value is -2.55. The van der Waals surface area contributed by atoms with Crippen LogP contribution in [-0.2, 0) is 4.79 Å². The number of rotatable bonds is 6. The molecule has 0 heterocycles. The van der Waals surface area contributed by atoms with Crippen molar-refractivity contribution in [3.05, 3.63) is 29.8 Å². The zero-order valence-corrected chi connectivity index (χ0v) is 10.4. The minimum Gasteiger partial charge on any atom is -0.481 e. The number of benzene rings is 1. The number of hydrogen-bond acceptors (Lipinski definition) is 4. The largest absolute Gasteiger partial charge is 0.481 e. The lowest BCUT2D eigenvalue weighted by Gasteiger charge is -2.23. The van der Waals surface area contributed by atoms with Crippen LogP contribution in [0, 0.1) is 17.2 Å². The fraction of sp³-hybridized carbons (Fsp3) is 0.308. The first-order valence-corrected chi connectivity index (χ1v) is 5.63. The van der Waals surface area contributed by atoms with E-state index in [9.17, 15) is 9.59 Å². The van der Waals surface area contributed by atoms with Gasteiger partial charge in [0, 0.05) is 12.2 Å². The highest BCUT2D eigenvalue weighted by Crippen LogP contribution is 2.17. The summed E-state index contributed by atoms with van der Waals surface area (Å²) in [5, 5.41) is 26.4. The molecular formula is C13H14N2O4. The van der Waals surface area contributed by atoms with Crippen molar-refractivity contribution in [3.8, 4) is 6.07 Å². The van der Waals surface area contributed by atoms with Crippen LogP contribution in [0.15, 0.2) is 24.3 Å². The Bertz CT molecular complexity index is 504. The van der Waals surface area contributed by atoms with E-state index in [2.05, 4.69) is 0 Å². The Morgan fingerprint density at radius 3 is 2.32 bits per heavy atom. The minimum atomic E-state index is -1.03. The first kappa shape index (κ1) is 14.5. The molecule has 0 spiro atoms. The molecule has 0 aliphatic rings. The quantitative estimate of drug-likeness (QED) is 0.752. The van der Waals surface area contributed by atoms with Gasteiger partial charge >= 0.3 is 11.9 Å². The van der Waals surface area contributed by atoms with Crippen molar-refractivity contribution in [3.63, 3.8) is 0 Å². The van der Waals surface area contributed by atoms with Crippen LogP contribution in [0.25, 0.3) is 0 Å². The molecule has 1 unspecified atom stereocenters. The Balaban J connectivity index is 2.90. The van der Waals surface area contributed by atoms with Crippen LogP contribution in [0.5, 0.6) is 0 Å². The second kappa shape index (κ2) is 6.40. The van der Waals surface area contributed by atoms with Gasteiger partial charge in [-0.05, 0) is 24.3 Å². The van der Waals surface area contributed by atoms with Gasteiger partial charge in [-0.2, -0.15) is 5.26 Å². The highest BCUT2D eigenvalue weighted by atomic mass is 16.4. The smallest absolute Gasteiger partial charge is 0.335 e. The van der Waals surface area contributed by atoms with Crippen molar-refractivity contribution >= 4 is 17.6 Å². The fourth-order valence-corrected chi connectivity index (χ4v) is 1.57. The number of aliphatic carboxylic acids is 1. The van der Waals surface area contributed by atoms with Gasteiger partial charge in [0.1, 0.15) is 6.54 Å². The lowest BCUT2D eigenvalue weighted by molar-refractivity contribution is -0.140. The molecule has 0 radical (unpaired) electrons. The minimum absolute atomic E-state index is 0.0457. The topological polar surface area (TPSA) is 102 Å². The molecule has 100 valence electrons. The number of carboxylic acids is 2. The first-order chi connectivity index (χ1) is 8.95. The summed E-state index contributed by atoms with van der Waals surface area (Å²) in [7, 11) is 0. The maximum Gasteiger partial charge on any atom is 0.335 e. The first-order valence-electron chi connectivity index (χ1n) is 5.63. The van der Waals surface area contributed by atoms with Gasteiger partial charge in [-0.3, -0.25) is 4.79 Å². The normalized spacial score (nSPS) is 11.4. The monoisotopic (exact) mass is 262 g/mol. The average Bonchev–Trinajstić information content (AvgIpc) is 2.38. The molecule has 0 saturated heterocycles. The summed E-state index contributed by atoms with van der Waals surface area (Å²) in [4.78, 5) is 23.2. The van der Waals surface area contributed by atoms with Gasteiger partial charge in [0.05, 0.1) is 17.6 Å². The third-order valence-electron chi connectivity index (χ3n) is 2.66. The van der Waals surface area contributed by atoms with Crippen molar-refractivity contribution in [2.75, 3.05) is 18.0 Å². The molecule has 1 rings (SSSR count). The van der Waals surface area contributed by atoms with Crippen molar-refractivity contribution in [2.45, 2.75) is 6.92 Å². The SMILES string of the molecule is CC(CN(CC#N)c1ccc(C(=O)O)cc1)C(=O)O. The van der Waals surface area contributed by atoms with Crippen LogP contribution in [0.2, 0.25) is 0 Å². The number of nitriles is 1. The van der Waals surface area contributed by atoms with Gasteiger partial charge in [0.25, 0.3) is 0 Å². The number of carboxylic acid groups (broad SMARTS) is 2. The second-order valence-electron chi connectivity index (χ2n) is 4.13. The van der Waals surface area contributed by atoms with Gasteiger partial charge < -0.3 is 15.1 Å². The van der Waals surface area contributed by atoms with Crippen molar-refractivity contribution in [1.29, 1.82) is 5.26 Å². The molecule has 19 heavy (non-hydrogen) atoms. The standard InChI is InChI=1S/C13H14N2O4/c1-9(12(16)17)8-15(7-6-14)11-4-2-10(3-5-11)13(18)19/h2-5,9H,7-8H2,1H3,(H,16,17)(H,18,19). The highest BCUT2D eigenvalue weighted by molar-refractivity contribution is 5.88. The zero-order chi connectivity index (χ0) is 14.4. The van der Waals surface area contributed by atoms with Crippen LogP contribution in [-0.4, -0.2) is 35.2 Å². The molecule has 1 atom stereocenters. The number of hydrogen-bond donors (Lipinski definition) is 2. The summed E-state index contributed by atoms with van der Waals surface area (Å²) in [5.74, 6) is -2.59. The van der Waals surface area contributed by atoms with E-state index in [0.29, 0.717) is 5.69 Å². The van der Waals surface area contributed by atoms with Crippen molar-refractivity contribution in [1.82, 2.24) is 0 Å². The average molecular weight is 262 g/mol. The van der Waals surface area contributed by atoms with Crippen LogP contribution in [0.3, 0.4) is 0 Å². The van der Waals surface area contributed by atoms with E-state index < -0.39 is 17.9 Å². The van der Waals surface area contributed by atoms with E-state index >= 15 is 0 Å². The fourth-order valence-electron chi connectivity index (χ4n) is 1.57. The molecule has 0 aromatic heterocycles. The molecule has 2 N–H and O–H groups in total. The third kappa shape index (κ3) is 4.00. The lowest BCUT2D eigenvalue weighted by atomic mass is 10.1. The van der Waals surface area contributed by atoms with Crippen LogP contribution < -0.4 is 4.90 Å². The number of nitrogens with zero attached hydrogens (tertiary/aromatic N) is 2. The van der Waals surface area contributed by atoms with E-state index in [1.54, 1.807) is 24.0 Å². The maximum atomic E-state index is 10.8. The molecule has 0 fully saturated rings. The summed E-state index contributed by atoms with van der Waals surface area (Å²) in [5.41, 5.74) is 0.770. The third-order valence-corrected chi connectivity index (χ3v) is 2.66. The summed E-state index contributed by atoms with van der Waals surface area (Å²) in [6.07, 6.45) is 0. The van der Waals surface area contributed by atoms with E-state index in [4.69, 9.17) is 15.5 Å². The van der Waals surface area contributed by atoms with Crippen LogP contribution in [0.1, 0.15) is 17.3 Å². The molecule has 0 aliphatic heterocycles. The molecular weight excluding hydrogens is 248 g/mol. The molecule has 0 bridgehead atoms. The molecule has 0 amide bonds. The predicted octanol–water partition coefficient (Wildman–Crippen LogP) is 1.44. The van der Waals surface area contributed by atoms with Crippen molar-refractivity contribution in [2.24, 2.45) is 5.92 Å². The Morgan fingerprint density at radius 2 is 1.89 bits per heavy atom. The molecule has 1 aromatic rings. The second-order valence-corrected chi connectivity index (χ2v) is 4.13. The molecule has 0 aliphatic carbocycles. The molecule has 0 saturated carbocycles. The molecule has 1 aromatic carbocycles. The Morgan fingerprint density at radius 1 is 1.32 bits per heavy atom. The van der Waals surface area contributed by atoms with Gasteiger partial charge in [-0.1, -0.05) is 6.92 Å². The van der Waals surface area contributed by atoms with E-state index in [1.165, 1.54) is 12.1 Å². The highest BCUT2D eigenvalue weighted by Gasteiger charge is 2.16. The molecule has 6 nitrogen and oxygen atoms in total. The Kier molecular flexibility index (Phi) is 4.89. The molecule has 6 heteroatoms. The summed E-state index contributed by atoms with van der Waals surface area (Å²) < 4.78 is 0. The summed E-state index contributed by atoms with van der Waals surface area (Å²) >= 11 is 0. The zero-order valence-electron chi connectivity index (χ0n) is 10.4. The number of carbonyl (C=O) groups is 2. The van der Waals surface area contributed by atoms with Crippen LogP contribution in [0.4, 0.5) is 5.69 Å². The van der Waals surface area contributed by atoms with Gasteiger partial charge in [-0.25, -0.2) is 4.79 Å². The van der Waals surface area contributed by atoms with E-state index in [0.717, 1.165) is 0 Å². The number of anilines is 1. The van der Waals surface area contributed by atoms with Gasteiger partial charge in [-0.15, -0.1) is 0 Å². The predicted molar refractivity (Wildman–Crippen MR) is 68.0 cm³/mol. The van der Waals surface area contributed by atoms with Crippen molar-refractivity contribution < 1.29 is 19.8 Å². The van der Waals surface area contributed by atoms with E-state index in [-0.39, 0.29) is 18.7 Å². The van der Waals surface area contributed by atoms with Gasteiger partial charge in [0.15, 0.2) is 0 Å². The Labute approximate surface area is 110 Å². The van der Waals surface area contributed by atoms with E-state index in [1.807, 2.05) is 6.07 Å². The van der Waals surface area contributed by atoms with Gasteiger partial charge in [0.2, 0.25) is 0 Å². The summed E-state index contributed by atoms with van der Waals surface area (Å²) in [6, 6.07) is 7.94. The van der Waals surface area contributed by atoms with Crippen LogP contribution >= 0.6 is 0 Å². The maximum absolute atomic E-state index is 10.8. The lowest BCUT2D eigenvalue weighted by Crippen LogP contribution is -2.32. The summed E-state index contributed by atoms with van der Waals surface area (Å²) in [6.45, 7) is 1.79. The number of aromatic carboxylic acids is 1.